The molecule has 1 N–H and O–H groups in total. The van der Waals surface area contributed by atoms with Crippen LogP contribution in [0, 0.1) is 0 Å². The number of hydrogen-bond donors (Lipinski definition) is 1. The van der Waals surface area contributed by atoms with Crippen LogP contribution < -0.4 is 0 Å². The first-order valence-corrected chi connectivity index (χ1v) is 5.42. The molecule has 2 heterocycles. The molecule has 0 amide bonds. The third-order valence-corrected chi connectivity index (χ3v) is 2.68. The minimum absolute atomic E-state index is 0.356. The maximum absolute atomic E-state index is 11.7. The summed E-state index contributed by atoms with van der Waals surface area (Å²) in [5.41, 5.74) is 3.06. The van der Waals surface area contributed by atoms with Gasteiger partial charge in [-0.2, -0.15) is 0 Å². The van der Waals surface area contributed by atoms with Crippen LogP contribution in [0.2, 0.25) is 0 Å². The maximum Gasteiger partial charge on any atom is 0.343 e. The lowest BCUT2D eigenvalue weighted by Gasteiger charge is -2.03. The zero-order valence-corrected chi connectivity index (χ0v) is 9.30. The van der Waals surface area contributed by atoms with Gasteiger partial charge < -0.3 is 4.74 Å². The van der Waals surface area contributed by atoms with E-state index >= 15 is 0 Å². The molecule has 1 aliphatic heterocycles. The normalized spacial score (nSPS) is 11.1. The van der Waals surface area contributed by atoms with Crippen molar-refractivity contribution in [3.05, 3.63) is 36.2 Å². The maximum atomic E-state index is 11.7. The van der Waals surface area contributed by atoms with Crippen molar-refractivity contribution < 1.29 is 9.53 Å². The van der Waals surface area contributed by atoms with Gasteiger partial charge in [0.15, 0.2) is 5.65 Å². The SMILES string of the molecule is CCOC(=O)c1c[nH]n2c3cccc-3cnc12. The molecule has 17 heavy (non-hydrogen) atoms. The van der Waals surface area contributed by atoms with E-state index in [1.54, 1.807) is 23.8 Å². The summed E-state index contributed by atoms with van der Waals surface area (Å²) in [4.78, 5) is 16.0. The minimum Gasteiger partial charge on any atom is -0.462 e. The van der Waals surface area contributed by atoms with Gasteiger partial charge in [0.05, 0.1) is 12.3 Å². The number of fused-ring (bicyclic) bond motifs is 3. The van der Waals surface area contributed by atoms with E-state index < -0.39 is 0 Å². The van der Waals surface area contributed by atoms with Gasteiger partial charge in [-0.05, 0) is 13.0 Å². The molecule has 0 spiro atoms. The van der Waals surface area contributed by atoms with Gasteiger partial charge in [-0.1, -0.05) is 12.1 Å². The molecule has 0 fully saturated rings. The average Bonchev–Trinajstić information content (AvgIpc) is 2.94. The van der Waals surface area contributed by atoms with Crippen LogP contribution in [-0.4, -0.2) is 27.2 Å². The lowest BCUT2D eigenvalue weighted by molar-refractivity contribution is 0.0528. The van der Waals surface area contributed by atoms with Crippen LogP contribution in [0.5, 0.6) is 0 Å². The van der Waals surface area contributed by atoms with Crippen molar-refractivity contribution in [2.75, 3.05) is 6.61 Å². The molecule has 0 saturated carbocycles. The second-order valence-electron chi connectivity index (χ2n) is 3.69. The van der Waals surface area contributed by atoms with Crippen molar-refractivity contribution in [2.45, 2.75) is 6.92 Å². The van der Waals surface area contributed by atoms with E-state index in [0.717, 1.165) is 11.3 Å². The average molecular weight is 229 g/mol. The molecule has 2 aliphatic rings. The number of rotatable bonds is 2. The second kappa shape index (κ2) is 3.62. The van der Waals surface area contributed by atoms with E-state index in [1.807, 2.05) is 18.2 Å². The smallest absolute Gasteiger partial charge is 0.343 e. The van der Waals surface area contributed by atoms with E-state index in [0.29, 0.717) is 17.8 Å². The molecule has 0 unspecified atom stereocenters. The Morgan fingerprint density at radius 3 is 3.24 bits per heavy atom. The van der Waals surface area contributed by atoms with Gasteiger partial charge in [0, 0.05) is 18.0 Å². The first-order valence-electron chi connectivity index (χ1n) is 5.42. The number of aromatic amines is 1. The fourth-order valence-electron chi connectivity index (χ4n) is 1.91. The van der Waals surface area contributed by atoms with Crippen molar-refractivity contribution >= 4 is 11.6 Å². The molecule has 1 aliphatic carbocycles. The third-order valence-electron chi connectivity index (χ3n) is 2.68. The third kappa shape index (κ3) is 1.39. The van der Waals surface area contributed by atoms with Gasteiger partial charge in [0.25, 0.3) is 0 Å². The minimum atomic E-state index is -0.357. The molecule has 0 saturated heterocycles. The molecule has 5 heteroatoms. The molecule has 0 aromatic carbocycles. The highest BCUT2D eigenvalue weighted by molar-refractivity contribution is 5.96. The van der Waals surface area contributed by atoms with Crippen molar-refractivity contribution in [2.24, 2.45) is 0 Å². The van der Waals surface area contributed by atoms with Crippen molar-refractivity contribution in [1.82, 2.24) is 14.6 Å². The zero-order chi connectivity index (χ0) is 11.8. The zero-order valence-electron chi connectivity index (χ0n) is 9.30. The molecule has 3 rings (SSSR count). The quantitative estimate of drug-likeness (QED) is 0.683. The molecule has 1 aromatic heterocycles. The van der Waals surface area contributed by atoms with Crippen LogP contribution in [0.25, 0.3) is 16.9 Å². The topological polar surface area (TPSA) is 59.4 Å². The number of carbonyl (C=O) groups excluding carboxylic acids is 1. The molecule has 1 aromatic rings. The highest BCUT2D eigenvalue weighted by Gasteiger charge is 2.17. The fraction of sp³-hybridized carbons (Fsp3) is 0.167. The second-order valence-corrected chi connectivity index (χ2v) is 3.69. The number of H-pyrrole nitrogens is 1. The van der Waals surface area contributed by atoms with Crippen LogP contribution in [0.1, 0.15) is 17.3 Å². The summed E-state index contributed by atoms with van der Waals surface area (Å²) in [6, 6.07) is 5.89. The van der Waals surface area contributed by atoms with Crippen LogP contribution in [-0.2, 0) is 4.74 Å². The van der Waals surface area contributed by atoms with Gasteiger partial charge in [0.1, 0.15) is 5.56 Å². The van der Waals surface area contributed by atoms with Crippen LogP contribution in [0.4, 0.5) is 0 Å². The van der Waals surface area contributed by atoms with Crippen LogP contribution in [0.3, 0.4) is 0 Å². The molecule has 0 radical (unpaired) electrons. The van der Waals surface area contributed by atoms with E-state index in [4.69, 9.17) is 4.74 Å². The molecular weight excluding hydrogens is 218 g/mol. The molecule has 86 valence electrons. The largest absolute Gasteiger partial charge is 0.462 e. The summed E-state index contributed by atoms with van der Waals surface area (Å²) in [6.07, 6.45) is 3.37. The van der Waals surface area contributed by atoms with Crippen molar-refractivity contribution in [3.63, 3.8) is 0 Å². The number of esters is 1. The molecule has 0 atom stereocenters. The predicted molar refractivity (Wildman–Crippen MR) is 62.1 cm³/mol. The van der Waals surface area contributed by atoms with E-state index in [9.17, 15) is 4.79 Å². The van der Waals surface area contributed by atoms with Gasteiger partial charge in [-0.15, -0.1) is 0 Å². The van der Waals surface area contributed by atoms with Crippen LogP contribution in [0.15, 0.2) is 30.6 Å². The Kier molecular flexibility index (Phi) is 2.11. The summed E-state index contributed by atoms with van der Waals surface area (Å²) in [5.74, 6) is -0.357. The monoisotopic (exact) mass is 229 g/mol. The molecule has 5 nitrogen and oxygen atoms in total. The Morgan fingerprint density at radius 2 is 2.41 bits per heavy atom. The van der Waals surface area contributed by atoms with E-state index in [2.05, 4.69) is 10.1 Å². The highest BCUT2D eigenvalue weighted by atomic mass is 16.5. The Bertz CT molecular complexity index is 653. The van der Waals surface area contributed by atoms with E-state index in [1.165, 1.54) is 0 Å². The number of nitrogens with zero attached hydrogens (tertiary/aromatic N) is 2. The van der Waals surface area contributed by atoms with Crippen molar-refractivity contribution in [1.29, 1.82) is 0 Å². The van der Waals surface area contributed by atoms with Gasteiger partial charge in [0.2, 0.25) is 0 Å². The summed E-state index contributed by atoms with van der Waals surface area (Å²) in [6.45, 7) is 2.14. The number of hydrogen-bond acceptors (Lipinski definition) is 3. The number of carbonyl (C=O) groups is 1. The predicted octanol–water partition coefficient (Wildman–Crippen LogP) is 1.94. The first-order chi connectivity index (χ1) is 8.31. The van der Waals surface area contributed by atoms with Crippen LogP contribution >= 0.6 is 0 Å². The number of nitrogens with one attached hydrogen (secondary N) is 1. The summed E-state index contributed by atoms with van der Waals surface area (Å²) in [7, 11) is 0. The standard InChI is InChI=1S/C12H11N3O2/c1-2-17-12(16)9-7-14-15-10-5-3-4-8(10)6-13-11(9)15/h3-7,14H,2H2,1H3. The van der Waals surface area contributed by atoms with Gasteiger partial charge >= 0.3 is 5.97 Å². The highest BCUT2D eigenvalue weighted by Crippen LogP contribution is 2.23. The Labute approximate surface area is 97.4 Å². The summed E-state index contributed by atoms with van der Waals surface area (Å²) in [5, 5.41) is 3.01. The summed E-state index contributed by atoms with van der Waals surface area (Å²) < 4.78 is 6.75. The number of aromatic nitrogens is 3. The lowest BCUT2D eigenvalue weighted by Crippen LogP contribution is -2.05. The number of ether oxygens (including phenoxy) is 1. The Balaban J connectivity index is 2.22. The lowest BCUT2D eigenvalue weighted by atomic mass is 10.2. The first kappa shape index (κ1) is 9.89. The van der Waals surface area contributed by atoms with Gasteiger partial charge in [-0.3, -0.25) is 5.10 Å². The molecular formula is C12H11N3O2. The fourth-order valence-corrected chi connectivity index (χ4v) is 1.91. The molecule has 0 bridgehead atoms. The Hall–Kier alpha value is -2.30. The van der Waals surface area contributed by atoms with Gasteiger partial charge in [-0.25, -0.2) is 14.3 Å². The Morgan fingerprint density at radius 1 is 1.53 bits per heavy atom. The summed E-state index contributed by atoms with van der Waals surface area (Å²) >= 11 is 0. The van der Waals surface area contributed by atoms with Crippen molar-refractivity contribution in [3.8, 4) is 11.3 Å². The van der Waals surface area contributed by atoms with E-state index in [-0.39, 0.29) is 5.97 Å².